The number of rotatable bonds is 3. The maximum Gasteiger partial charge on any atom is 0.417 e. The van der Waals surface area contributed by atoms with Crippen LogP contribution >= 0.6 is 0 Å². The molecule has 1 amide bonds. The van der Waals surface area contributed by atoms with Gasteiger partial charge in [0.05, 0.1) is 17.2 Å². The summed E-state index contributed by atoms with van der Waals surface area (Å²) in [7, 11) is 0. The largest absolute Gasteiger partial charge is 0.417 e. The number of alkyl halides is 3. The van der Waals surface area contributed by atoms with E-state index < -0.39 is 11.7 Å². The summed E-state index contributed by atoms with van der Waals surface area (Å²) in [5, 5.41) is 9.12. The highest BCUT2D eigenvalue weighted by Crippen LogP contribution is 2.46. The Morgan fingerprint density at radius 1 is 1.00 bits per heavy atom. The molecule has 0 aromatic heterocycles. The highest BCUT2D eigenvalue weighted by Gasteiger charge is 2.45. The fraction of sp³-hybridized carbons (Fsp3) is 0.483. The molecule has 0 bridgehead atoms. The molecule has 0 N–H and O–H groups in total. The number of carbonyl (C=O) groups is 2. The summed E-state index contributed by atoms with van der Waals surface area (Å²) < 4.78 is 40.6. The van der Waals surface area contributed by atoms with E-state index in [1.165, 1.54) is 6.07 Å². The Hall–Kier alpha value is -3.54. The second kappa shape index (κ2) is 9.97. The van der Waals surface area contributed by atoms with Gasteiger partial charge in [-0.3, -0.25) is 9.59 Å². The molecule has 38 heavy (non-hydrogen) atoms. The van der Waals surface area contributed by atoms with Crippen LogP contribution in [0, 0.1) is 16.7 Å². The molecule has 9 heteroatoms. The molecule has 200 valence electrons. The van der Waals surface area contributed by atoms with Gasteiger partial charge in [0.25, 0.3) is 5.91 Å². The Bertz CT molecular complexity index is 1250. The molecule has 1 unspecified atom stereocenters. The Morgan fingerprint density at radius 2 is 1.63 bits per heavy atom. The maximum atomic E-state index is 13.5. The summed E-state index contributed by atoms with van der Waals surface area (Å²) in [6.07, 6.45) is -0.959. The van der Waals surface area contributed by atoms with E-state index >= 15 is 0 Å². The summed E-state index contributed by atoms with van der Waals surface area (Å²) in [6.45, 7) is 5.37. The molecule has 0 saturated carbocycles. The topological polar surface area (TPSA) is 67.7 Å². The highest BCUT2D eigenvalue weighted by atomic mass is 19.4. The molecule has 1 atom stereocenters. The average molecular weight is 525 g/mol. The van der Waals surface area contributed by atoms with Crippen molar-refractivity contribution in [2.75, 3.05) is 42.5 Å². The standard InChI is InChI=1S/C29H31F3N4O2/c1-20-17-28(19-36(20)24-7-4-22(18-33)26(16-24)29(30,31)32)10-14-34(15-11-28)23-5-2-21(3-6-23)27(38)35-12-8-25(37)9-13-35/h2-7,16,20H,8-15,17,19H2,1H3. The number of nitriles is 1. The number of carbonyl (C=O) groups excluding carboxylic acids is 2. The Balaban J connectivity index is 1.23. The van der Waals surface area contributed by atoms with E-state index in [-0.39, 0.29) is 28.7 Å². The van der Waals surface area contributed by atoms with Gasteiger partial charge in [-0.25, -0.2) is 0 Å². The number of nitrogens with zero attached hydrogens (tertiary/aromatic N) is 4. The molecule has 3 aliphatic rings. The maximum absolute atomic E-state index is 13.5. The van der Waals surface area contributed by atoms with E-state index in [4.69, 9.17) is 5.26 Å². The number of hydrogen-bond donors (Lipinski definition) is 0. The van der Waals surface area contributed by atoms with Crippen LogP contribution in [0.5, 0.6) is 0 Å². The number of benzene rings is 2. The van der Waals surface area contributed by atoms with Gasteiger partial charge in [0.1, 0.15) is 5.78 Å². The van der Waals surface area contributed by atoms with Gasteiger partial charge in [-0.1, -0.05) is 0 Å². The molecule has 2 aromatic carbocycles. The van der Waals surface area contributed by atoms with E-state index in [1.54, 1.807) is 17.0 Å². The second-order valence-electron chi connectivity index (χ2n) is 10.9. The van der Waals surface area contributed by atoms with E-state index in [9.17, 15) is 22.8 Å². The quantitative estimate of drug-likeness (QED) is 0.548. The lowest BCUT2D eigenvalue weighted by Crippen LogP contribution is -2.41. The third-order valence-corrected chi connectivity index (χ3v) is 8.44. The number of halogens is 3. The van der Waals surface area contributed by atoms with Gasteiger partial charge >= 0.3 is 6.18 Å². The van der Waals surface area contributed by atoms with Gasteiger partial charge in [0, 0.05) is 68.5 Å². The predicted molar refractivity (Wildman–Crippen MR) is 138 cm³/mol. The smallest absolute Gasteiger partial charge is 0.371 e. The van der Waals surface area contributed by atoms with Crippen LogP contribution in [0.3, 0.4) is 0 Å². The molecule has 3 heterocycles. The van der Waals surface area contributed by atoms with Crippen molar-refractivity contribution in [3.05, 3.63) is 59.2 Å². The zero-order valence-electron chi connectivity index (χ0n) is 21.4. The number of Topliss-reactive ketones (excluding diaryl/α,β-unsaturated/α-hetero) is 1. The van der Waals surface area contributed by atoms with Crippen LogP contribution < -0.4 is 9.80 Å². The van der Waals surface area contributed by atoms with E-state index in [0.29, 0.717) is 43.7 Å². The lowest BCUT2D eigenvalue weighted by molar-refractivity contribution is -0.137. The van der Waals surface area contributed by atoms with Gasteiger partial charge in [0.2, 0.25) is 0 Å². The molecule has 6 nitrogen and oxygen atoms in total. The molecule has 3 aliphatic heterocycles. The zero-order valence-corrected chi connectivity index (χ0v) is 21.4. The first-order valence-corrected chi connectivity index (χ1v) is 13.1. The number of likely N-dealkylation sites (tertiary alicyclic amines) is 1. The van der Waals surface area contributed by atoms with Crippen molar-refractivity contribution in [3.8, 4) is 6.07 Å². The van der Waals surface area contributed by atoms with Crippen molar-refractivity contribution in [3.63, 3.8) is 0 Å². The van der Waals surface area contributed by atoms with Crippen molar-refractivity contribution in [2.45, 2.75) is 51.2 Å². The van der Waals surface area contributed by atoms with E-state index in [1.807, 2.05) is 24.3 Å². The first-order valence-electron chi connectivity index (χ1n) is 13.1. The van der Waals surface area contributed by atoms with Crippen molar-refractivity contribution >= 4 is 23.1 Å². The van der Waals surface area contributed by atoms with Gasteiger partial charge in [-0.2, -0.15) is 18.4 Å². The van der Waals surface area contributed by atoms with Crippen molar-refractivity contribution in [1.82, 2.24) is 4.90 Å². The van der Waals surface area contributed by atoms with Crippen LogP contribution in [0.1, 0.15) is 60.5 Å². The fourth-order valence-electron chi connectivity index (χ4n) is 6.27. The van der Waals surface area contributed by atoms with Crippen LogP contribution in [0.15, 0.2) is 42.5 Å². The van der Waals surface area contributed by atoms with E-state index in [2.05, 4.69) is 16.7 Å². The summed E-state index contributed by atoms with van der Waals surface area (Å²) in [6, 6.07) is 13.4. The summed E-state index contributed by atoms with van der Waals surface area (Å²) in [5.74, 6) is 0.160. The normalized spacial score (nSPS) is 21.6. The third kappa shape index (κ3) is 5.09. The molecule has 3 fully saturated rings. The first kappa shape index (κ1) is 26.1. The Labute approximate surface area is 220 Å². The highest BCUT2D eigenvalue weighted by molar-refractivity contribution is 5.95. The molecular weight excluding hydrogens is 493 g/mol. The Morgan fingerprint density at radius 3 is 2.24 bits per heavy atom. The van der Waals surface area contributed by atoms with Gasteiger partial charge in [-0.15, -0.1) is 0 Å². The number of anilines is 2. The van der Waals surface area contributed by atoms with Gasteiger partial charge in [0.15, 0.2) is 0 Å². The number of hydrogen-bond acceptors (Lipinski definition) is 5. The average Bonchev–Trinajstić information content (AvgIpc) is 3.23. The minimum atomic E-state index is -4.57. The van der Waals surface area contributed by atoms with Crippen LogP contribution in [-0.4, -0.2) is 55.4 Å². The van der Waals surface area contributed by atoms with Crippen molar-refractivity contribution in [2.24, 2.45) is 5.41 Å². The van der Waals surface area contributed by atoms with Crippen molar-refractivity contribution in [1.29, 1.82) is 5.26 Å². The molecule has 1 spiro atoms. The van der Waals surface area contributed by atoms with Crippen molar-refractivity contribution < 1.29 is 22.8 Å². The van der Waals surface area contributed by atoms with E-state index in [0.717, 1.165) is 44.1 Å². The SMILES string of the molecule is CC1CC2(CCN(c3ccc(C(=O)N4CCC(=O)CC4)cc3)CC2)CN1c1ccc(C#N)c(C(F)(F)F)c1. The fourth-order valence-corrected chi connectivity index (χ4v) is 6.27. The second-order valence-corrected chi connectivity index (χ2v) is 10.9. The first-order chi connectivity index (χ1) is 18.1. The monoisotopic (exact) mass is 524 g/mol. The zero-order chi connectivity index (χ0) is 27.1. The Kier molecular flexibility index (Phi) is 6.84. The van der Waals surface area contributed by atoms with Crippen LogP contribution in [0.4, 0.5) is 24.5 Å². The number of ketones is 1. The lowest BCUT2D eigenvalue weighted by Gasteiger charge is -2.40. The summed E-state index contributed by atoms with van der Waals surface area (Å²) in [4.78, 5) is 30.3. The lowest BCUT2D eigenvalue weighted by atomic mass is 9.76. The molecule has 2 aromatic rings. The number of piperidine rings is 2. The minimum Gasteiger partial charge on any atom is -0.371 e. The van der Waals surface area contributed by atoms with Gasteiger partial charge < -0.3 is 14.7 Å². The molecule has 0 radical (unpaired) electrons. The molecule has 5 rings (SSSR count). The molecular formula is C29H31F3N4O2. The predicted octanol–water partition coefficient (Wildman–Crippen LogP) is 5.27. The molecule has 3 saturated heterocycles. The molecule has 0 aliphatic carbocycles. The number of amides is 1. The van der Waals surface area contributed by atoms with Crippen LogP contribution in [0.2, 0.25) is 0 Å². The minimum absolute atomic E-state index is 0.0316. The third-order valence-electron chi connectivity index (χ3n) is 8.44. The summed E-state index contributed by atoms with van der Waals surface area (Å²) >= 11 is 0. The summed E-state index contributed by atoms with van der Waals surface area (Å²) in [5.41, 5.74) is 0.990. The van der Waals surface area contributed by atoms with Gasteiger partial charge in [-0.05, 0) is 74.1 Å². The van der Waals surface area contributed by atoms with Crippen LogP contribution in [0.25, 0.3) is 0 Å². The van der Waals surface area contributed by atoms with Crippen LogP contribution in [-0.2, 0) is 11.0 Å².